The van der Waals surface area contributed by atoms with Gasteiger partial charge in [-0.3, -0.25) is 0 Å². The highest BCUT2D eigenvalue weighted by molar-refractivity contribution is 5.31. The van der Waals surface area contributed by atoms with Gasteiger partial charge in [-0.1, -0.05) is 46.3 Å². The van der Waals surface area contributed by atoms with Gasteiger partial charge in [0.25, 0.3) is 0 Å². The van der Waals surface area contributed by atoms with Crippen molar-refractivity contribution in [3.63, 3.8) is 0 Å². The van der Waals surface area contributed by atoms with E-state index in [0.29, 0.717) is 24.2 Å². The third-order valence-corrected chi connectivity index (χ3v) is 21.7. The molecule has 0 radical (unpaired) electrons. The monoisotopic (exact) mass is 1070 g/mol. The summed E-state index contributed by atoms with van der Waals surface area (Å²) in [4.78, 5) is 0. The molecule has 1 unspecified atom stereocenters. The van der Waals surface area contributed by atoms with Crippen molar-refractivity contribution in [1.29, 1.82) is 0 Å². The van der Waals surface area contributed by atoms with Crippen molar-refractivity contribution in [1.82, 2.24) is 0 Å². The van der Waals surface area contributed by atoms with E-state index in [1.54, 1.807) is 6.92 Å². The standard InChI is InChI=1S/C54H90O21/c1-23(19-55)9-10-28(57)24(2)27-13-15-52(8)32-12-11-31-50(5,6)33(14-16-53(31)22-54(32,53)18-17-51(27,52)7)73-47-43(67)40(64)44(26(4)70-47)74-49-45(75-48-42(66)37(61)34(58)25(3)69-48)39(63)36(60)30(72-49)21-68-46-41(65)38(62)35(59)29(20-56)71-46/h9,24-49,55-67H,10-22H2,1-8H3/b23-9-/t24-,25-,26+,27+,28?,29+,30+,31-,32-,33-,34-,35+,36+,37+,38-,39-,40+,41+,42+,43+,44-,45+,46+,47-,48-,49-,51+,52-,53+,54-/m0/s1. The van der Waals surface area contributed by atoms with Gasteiger partial charge in [0.15, 0.2) is 25.2 Å². The largest absolute Gasteiger partial charge is 0.394 e. The molecule has 30 atom stereocenters. The molecule has 0 aromatic rings. The van der Waals surface area contributed by atoms with Gasteiger partial charge in [0.1, 0.15) is 85.5 Å². The second kappa shape index (κ2) is 21.7. The summed E-state index contributed by atoms with van der Waals surface area (Å²) >= 11 is 0. The van der Waals surface area contributed by atoms with Crippen molar-refractivity contribution in [2.75, 3.05) is 19.8 Å². The van der Waals surface area contributed by atoms with Crippen LogP contribution in [0.4, 0.5) is 0 Å². The van der Waals surface area contributed by atoms with Crippen molar-refractivity contribution in [3.05, 3.63) is 11.6 Å². The average Bonchev–Trinajstić information content (AvgIpc) is 4.20. The minimum atomic E-state index is -1.92. The number of hydrogen-bond acceptors (Lipinski definition) is 21. The summed E-state index contributed by atoms with van der Waals surface area (Å²) in [5, 5.41) is 140. The highest BCUT2D eigenvalue weighted by Crippen LogP contribution is 2.89. The minimum Gasteiger partial charge on any atom is -0.394 e. The van der Waals surface area contributed by atoms with Crippen LogP contribution in [0.15, 0.2) is 11.6 Å². The number of hydrogen-bond donors (Lipinski definition) is 13. The first-order valence-corrected chi connectivity index (χ1v) is 27.8. The predicted molar refractivity (Wildman–Crippen MR) is 261 cm³/mol. The lowest BCUT2D eigenvalue weighted by Gasteiger charge is -2.63. The number of rotatable bonds is 15. The lowest BCUT2D eigenvalue weighted by atomic mass is 9.41. The van der Waals surface area contributed by atoms with Gasteiger partial charge in [0, 0.05) is 0 Å². The summed E-state index contributed by atoms with van der Waals surface area (Å²) < 4.78 is 48.3. The van der Waals surface area contributed by atoms with E-state index in [0.717, 1.165) is 56.9 Å². The Labute approximate surface area is 440 Å². The van der Waals surface area contributed by atoms with Crippen molar-refractivity contribution in [3.8, 4) is 0 Å². The topological polar surface area (TPSA) is 337 Å². The molecule has 13 N–H and O–H groups in total. The zero-order chi connectivity index (χ0) is 54.6. The Hall–Kier alpha value is -1.10. The van der Waals surface area contributed by atoms with Crippen LogP contribution in [-0.2, 0) is 37.9 Å². The van der Waals surface area contributed by atoms with Gasteiger partial charge in [-0.25, -0.2) is 0 Å². The van der Waals surface area contributed by atoms with Crippen LogP contribution >= 0.6 is 0 Å². The molecule has 9 aliphatic rings. The molecule has 4 aliphatic heterocycles. The van der Waals surface area contributed by atoms with E-state index < -0.39 is 142 Å². The summed E-state index contributed by atoms with van der Waals surface area (Å²) in [6, 6.07) is 0. The lowest BCUT2D eigenvalue weighted by molar-refractivity contribution is -0.391. The van der Waals surface area contributed by atoms with E-state index in [9.17, 15) is 66.4 Å². The Kier molecular flexibility index (Phi) is 16.9. The lowest BCUT2D eigenvalue weighted by Crippen LogP contribution is -2.67. The summed E-state index contributed by atoms with van der Waals surface area (Å²) in [6.45, 7) is 15.3. The summed E-state index contributed by atoms with van der Waals surface area (Å²) in [5.74, 6) is 1.47. The third-order valence-electron chi connectivity index (χ3n) is 21.7. The maximum absolute atomic E-state index is 11.9. The summed E-state index contributed by atoms with van der Waals surface area (Å²) in [6.07, 6.45) is -20.5. The van der Waals surface area contributed by atoms with Crippen LogP contribution in [-0.4, -0.2) is 221 Å². The fraction of sp³-hybridized carbons (Fsp3) is 0.963. The van der Waals surface area contributed by atoms with Gasteiger partial charge in [-0.15, -0.1) is 0 Å². The van der Waals surface area contributed by atoms with Crippen molar-refractivity contribution >= 4 is 0 Å². The number of ether oxygens (including phenoxy) is 8. The third kappa shape index (κ3) is 9.65. The molecule has 9 fully saturated rings. The molecule has 0 bridgehead atoms. The van der Waals surface area contributed by atoms with Gasteiger partial charge in [-0.2, -0.15) is 0 Å². The minimum absolute atomic E-state index is 0.00298. The smallest absolute Gasteiger partial charge is 0.187 e. The van der Waals surface area contributed by atoms with Gasteiger partial charge in [0.05, 0.1) is 44.2 Å². The van der Waals surface area contributed by atoms with E-state index in [2.05, 4.69) is 34.6 Å². The molecule has 2 spiro atoms. The first-order valence-electron chi connectivity index (χ1n) is 27.8. The molecule has 75 heavy (non-hydrogen) atoms. The second-order valence-electron chi connectivity index (χ2n) is 25.6. The number of aliphatic hydroxyl groups is 13. The molecule has 4 heterocycles. The molecular weight excluding hydrogens is 985 g/mol. The Balaban J connectivity index is 0.871. The Morgan fingerprint density at radius 3 is 1.84 bits per heavy atom. The van der Waals surface area contributed by atoms with Crippen molar-refractivity contribution < 1.29 is 104 Å². The highest BCUT2D eigenvalue weighted by Gasteiger charge is 2.82. The Bertz CT molecular complexity index is 2000. The quantitative estimate of drug-likeness (QED) is 0.0724. The molecule has 21 nitrogen and oxygen atoms in total. The number of fused-ring (bicyclic) bond motifs is 2. The molecule has 21 heteroatoms. The fourth-order valence-corrected chi connectivity index (χ4v) is 16.9. The first-order chi connectivity index (χ1) is 35.2. The Morgan fingerprint density at radius 1 is 0.573 bits per heavy atom. The zero-order valence-electron chi connectivity index (χ0n) is 44.9. The molecule has 9 rings (SSSR count). The molecule has 5 saturated carbocycles. The zero-order valence-corrected chi connectivity index (χ0v) is 44.9. The molecule has 0 aromatic carbocycles. The van der Waals surface area contributed by atoms with Gasteiger partial charge in [-0.05, 0) is 136 Å². The van der Waals surface area contributed by atoms with E-state index in [1.165, 1.54) is 13.3 Å². The van der Waals surface area contributed by atoms with E-state index in [1.807, 2.05) is 13.0 Å². The van der Waals surface area contributed by atoms with E-state index >= 15 is 0 Å². The summed E-state index contributed by atoms with van der Waals surface area (Å²) in [7, 11) is 0. The van der Waals surface area contributed by atoms with Gasteiger partial charge in [0.2, 0.25) is 0 Å². The van der Waals surface area contributed by atoms with Crippen molar-refractivity contribution in [2.45, 2.75) is 255 Å². The van der Waals surface area contributed by atoms with Crippen LogP contribution < -0.4 is 0 Å². The normalized spacial score (nSPS) is 54.5. The van der Waals surface area contributed by atoms with Crippen LogP contribution in [0.5, 0.6) is 0 Å². The van der Waals surface area contributed by atoms with Crippen LogP contribution in [0.1, 0.15) is 120 Å². The Morgan fingerprint density at radius 2 is 1.15 bits per heavy atom. The van der Waals surface area contributed by atoms with Gasteiger partial charge >= 0.3 is 0 Å². The van der Waals surface area contributed by atoms with E-state index in [-0.39, 0.29) is 45.7 Å². The fourth-order valence-electron chi connectivity index (χ4n) is 16.9. The number of aliphatic hydroxyl groups excluding tert-OH is 13. The average molecular weight is 1080 g/mol. The van der Waals surface area contributed by atoms with Crippen molar-refractivity contribution in [2.24, 2.45) is 50.7 Å². The van der Waals surface area contributed by atoms with Crippen LogP contribution in [0.2, 0.25) is 0 Å². The van der Waals surface area contributed by atoms with Crippen LogP contribution in [0, 0.1) is 50.7 Å². The maximum Gasteiger partial charge on any atom is 0.187 e. The van der Waals surface area contributed by atoms with E-state index in [4.69, 9.17) is 37.9 Å². The molecule has 0 amide bonds. The SMILES string of the molecule is C/C(=C/CC(O)[C@@H](C)[C@H]1CC[C@@]2(C)[C@@H]3CC[C@H]4C(C)(C)[C@@H](O[C@@H]5O[C@H](C)[C@H](O[C@@H]6O[C@H](CO[C@@H]7O[C@H](CO)[C@@H](O)[C@H](O)[C@H]7O)[C@@H](O)[C@H](O)[C@H]6O[C@@H]6O[C@@H](C)[C@H](O)[C@@H](O)[C@H]6O)[C@H](O)[C@H]5O)CC[C@@]45C[C@@]35CC[C@]12C)CO. The molecule has 5 aliphatic carbocycles. The first kappa shape index (κ1) is 58.6. The summed E-state index contributed by atoms with van der Waals surface area (Å²) in [5.41, 5.74) is 1.19. The molecule has 4 saturated heterocycles. The van der Waals surface area contributed by atoms with Crippen LogP contribution in [0.3, 0.4) is 0 Å². The second-order valence-corrected chi connectivity index (χ2v) is 25.6. The molecule has 432 valence electrons. The predicted octanol–water partition coefficient (Wildman–Crippen LogP) is -0.536. The highest BCUT2D eigenvalue weighted by atomic mass is 16.8. The van der Waals surface area contributed by atoms with Crippen LogP contribution in [0.25, 0.3) is 0 Å². The van der Waals surface area contributed by atoms with Gasteiger partial charge < -0.3 is 104 Å². The maximum atomic E-state index is 11.9. The molecule has 0 aromatic heterocycles. The molecular formula is C54H90O21.